The van der Waals surface area contributed by atoms with E-state index in [4.69, 9.17) is 5.11 Å². The summed E-state index contributed by atoms with van der Waals surface area (Å²) in [5.74, 6) is -2.48. The van der Waals surface area contributed by atoms with Crippen molar-refractivity contribution in [3.8, 4) is 0 Å². The summed E-state index contributed by atoms with van der Waals surface area (Å²) in [6.07, 6.45) is -4.96. The highest BCUT2D eigenvalue weighted by atomic mass is 19.4. The van der Waals surface area contributed by atoms with E-state index in [1.54, 1.807) is 6.92 Å². The third-order valence-electron chi connectivity index (χ3n) is 2.39. The number of alkyl halides is 3. The summed E-state index contributed by atoms with van der Waals surface area (Å²) in [6, 6.07) is 0. The molecular weight excluding hydrogens is 269 g/mol. The van der Waals surface area contributed by atoms with E-state index in [0.29, 0.717) is 6.54 Å². The average molecular weight is 280 g/mol. The first kappa shape index (κ1) is 14.9. The topological polar surface area (TPSA) is 88.3 Å². The Morgan fingerprint density at radius 3 is 2.42 bits per heavy atom. The quantitative estimate of drug-likeness (QED) is 0.866. The maximum absolute atomic E-state index is 12.7. The lowest BCUT2D eigenvalue weighted by Crippen LogP contribution is -2.32. The number of hydrogen-bond donors (Lipinski definition) is 1. The molecule has 0 saturated carbocycles. The van der Waals surface area contributed by atoms with Gasteiger partial charge in [0.2, 0.25) is 11.6 Å². The highest BCUT2D eigenvalue weighted by Gasteiger charge is 2.42. The fraction of sp³-hybridized carbons (Fsp3) is 0.556. The molecule has 1 amide bonds. The number of carboxylic acid groups (broad SMARTS) is 1. The van der Waals surface area contributed by atoms with Gasteiger partial charge in [0.25, 0.3) is 0 Å². The smallest absolute Gasteiger partial charge is 0.435 e. The Morgan fingerprint density at radius 2 is 2.00 bits per heavy atom. The lowest BCUT2D eigenvalue weighted by Gasteiger charge is -2.15. The summed E-state index contributed by atoms with van der Waals surface area (Å²) in [5.41, 5.74) is -2.77. The van der Waals surface area contributed by atoms with Gasteiger partial charge in [0.1, 0.15) is 6.54 Å². The van der Waals surface area contributed by atoms with Crippen LogP contribution in [0.5, 0.6) is 0 Å². The van der Waals surface area contributed by atoms with Crippen molar-refractivity contribution >= 4 is 11.9 Å². The SMILES string of the molecule is CCN(C)C(=O)Cn1nnc(C(=O)O)c1C(F)(F)F. The van der Waals surface area contributed by atoms with E-state index >= 15 is 0 Å². The number of aromatic nitrogens is 3. The van der Waals surface area contributed by atoms with Gasteiger partial charge in [-0.25, -0.2) is 9.48 Å². The van der Waals surface area contributed by atoms with Crippen molar-refractivity contribution in [3.05, 3.63) is 11.4 Å². The van der Waals surface area contributed by atoms with Crippen molar-refractivity contribution in [1.29, 1.82) is 0 Å². The number of amides is 1. The number of nitrogens with zero attached hydrogens (tertiary/aromatic N) is 4. The van der Waals surface area contributed by atoms with Crippen molar-refractivity contribution in [2.45, 2.75) is 19.6 Å². The summed E-state index contributed by atoms with van der Waals surface area (Å²) in [7, 11) is 1.41. The summed E-state index contributed by atoms with van der Waals surface area (Å²) < 4.78 is 38.5. The predicted octanol–water partition coefficient (Wildman–Crippen LogP) is 0.473. The van der Waals surface area contributed by atoms with Crippen LogP contribution >= 0.6 is 0 Å². The second-order valence-electron chi connectivity index (χ2n) is 3.66. The summed E-state index contributed by atoms with van der Waals surface area (Å²) in [5, 5.41) is 14.6. The molecule has 19 heavy (non-hydrogen) atoms. The molecule has 0 unspecified atom stereocenters. The molecule has 1 N–H and O–H groups in total. The highest BCUT2D eigenvalue weighted by Crippen LogP contribution is 2.31. The molecule has 0 aliphatic heterocycles. The molecule has 0 spiro atoms. The molecule has 7 nitrogen and oxygen atoms in total. The maximum atomic E-state index is 12.7. The molecule has 1 aromatic heterocycles. The van der Waals surface area contributed by atoms with Crippen LogP contribution in [0.25, 0.3) is 0 Å². The average Bonchev–Trinajstić information content (AvgIpc) is 2.71. The van der Waals surface area contributed by atoms with Crippen LogP contribution in [-0.4, -0.2) is 50.5 Å². The van der Waals surface area contributed by atoms with Crippen LogP contribution in [0.2, 0.25) is 0 Å². The lowest BCUT2D eigenvalue weighted by molar-refractivity contribution is -0.146. The molecular formula is C9H11F3N4O3. The zero-order valence-electron chi connectivity index (χ0n) is 10.1. The van der Waals surface area contributed by atoms with Crippen molar-refractivity contribution < 1.29 is 27.9 Å². The number of carbonyl (C=O) groups is 2. The standard InChI is InChI=1S/C9H11F3N4O3/c1-3-15(2)5(17)4-16-7(9(10,11)12)6(8(18)19)13-14-16/h3-4H2,1-2H3,(H,18,19). The summed E-state index contributed by atoms with van der Waals surface area (Å²) in [6.45, 7) is 1.23. The number of aromatic carboxylic acids is 1. The van der Waals surface area contributed by atoms with E-state index in [0.717, 1.165) is 0 Å². The van der Waals surface area contributed by atoms with Gasteiger partial charge < -0.3 is 10.0 Å². The first-order chi connectivity index (χ1) is 8.68. The monoisotopic (exact) mass is 280 g/mol. The van der Waals surface area contributed by atoms with E-state index in [-0.39, 0.29) is 4.68 Å². The van der Waals surface area contributed by atoms with Gasteiger partial charge in [0, 0.05) is 13.6 Å². The Labute approximate surface area is 105 Å². The minimum atomic E-state index is -4.96. The molecule has 0 aromatic carbocycles. The number of carboxylic acids is 1. The fourth-order valence-corrected chi connectivity index (χ4v) is 1.27. The molecule has 0 saturated heterocycles. The van der Waals surface area contributed by atoms with Gasteiger partial charge in [-0.05, 0) is 6.92 Å². The largest absolute Gasteiger partial charge is 0.476 e. The molecule has 0 aliphatic rings. The van der Waals surface area contributed by atoms with Crippen LogP contribution in [-0.2, 0) is 17.5 Å². The molecule has 1 heterocycles. The number of carbonyl (C=O) groups excluding carboxylic acids is 1. The van der Waals surface area contributed by atoms with E-state index in [9.17, 15) is 22.8 Å². The van der Waals surface area contributed by atoms with Gasteiger partial charge in [-0.15, -0.1) is 5.10 Å². The van der Waals surface area contributed by atoms with Gasteiger partial charge in [0.15, 0.2) is 5.69 Å². The first-order valence-corrected chi connectivity index (χ1v) is 5.16. The third-order valence-corrected chi connectivity index (χ3v) is 2.39. The van der Waals surface area contributed by atoms with Gasteiger partial charge in [0.05, 0.1) is 0 Å². The Morgan fingerprint density at radius 1 is 1.42 bits per heavy atom. The zero-order chi connectivity index (χ0) is 14.8. The molecule has 0 radical (unpaired) electrons. The van der Waals surface area contributed by atoms with Crippen LogP contribution in [0.3, 0.4) is 0 Å². The van der Waals surface area contributed by atoms with E-state index < -0.39 is 36.0 Å². The minimum absolute atomic E-state index is 0.248. The third kappa shape index (κ3) is 3.20. The number of hydrogen-bond acceptors (Lipinski definition) is 4. The number of rotatable bonds is 4. The second kappa shape index (κ2) is 5.24. The van der Waals surface area contributed by atoms with Crippen LogP contribution in [0, 0.1) is 0 Å². The Kier molecular flexibility index (Phi) is 4.12. The van der Waals surface area contributed by atoms with Crippen molar-refractivity contribution in [2.75, 3.05) is 13.6 Å². The van der Waals surface area contributed by atoms with Crippen molar-refractivity contribution in [2.24, 2.45) is 0 Å². The van der Waals surface area contributed by atoms with Crippen LogP contribution in [0.15, 0.2) is 0 Å². The van der Waals surface area contributed by atoms with Gasteiger partial charge in [-0.2, -0.15) is 13.2 Å². The molecule has 10 heteroatoms. The number of likely N-dealkylation sites (N-methyl/N-ethyl adjacent to an activating group) is 1. The second-order valence-corrected chi connectivity index (χ2v) is 3.66. The molecule has 106 valence electrons. The number of halogens is 3. The van der Waals surface area contributed by atoms with Gasteiger partial charge >= 0.3 is 12.1 Å². The molecule has 0 bridgehead atoms. The van der Waals surface area contributed by atoms with Crippen LogP contribution < -0.4 is 0 Å². The van der Waals surface area contributed by atoms with Gasteiger partial charge in [-0.1, -0.05) is 5.21 Å². The predicted molar refractivity (Wildman–Crippen MR) is 55.3 cm³/mol. The Hall–Kier alpha value is -2.13. The highest BCUT2D eigenvalue weighted by molar-refractivity contribution is 5.87. The molecule has 1 rings (SSSR count). The normalized spacial score (nSPS) is 11.4. The Bertz CT molecular complexity index is 497. The molecule has 1 aromatic rings. The van der Waals surface area contributed by atoms with E-state index in [2.05, 4.69) is 10.3 Å². The van der Waals surface area contributed by atoms with E-state index in [1.807, 2.05) is 0 Å². The lowest BCUT2D eigenvalue weighted by atomic mass is 10.3. The molecule has 0 fully saturated rings. The van der Waals surface area contributed by atoms with Crippen LogP contribution in [0.4, 0.5) is 13.2 Å². The first-order valence-electron chi connectivity index (χ1n) is 5.16. The van der Waals surface area contributed by atoms with Crippen LogP contribution in [0.1, 0.15) is 23.1 Å². The van der Waals surface area contributed by atoms with E-state index in [1.165, 1.54) is 11.9 Å². The van der Waals surface area contributed by atoms with Crippen molar-refractivity contribution in [3.63, 3.8) is 0 Å². The zero-order valence-corrected chi connectivity index (χ0v) is 10.1. The summed E-state index contributed by atoms with van der Waals surface area (Å²) >= 11 is 0. The fourth-order valence-electron chi connectivity index (χ4n) is 1.27. The minimum Gasteiger partial charge on any atom is -0.476 e. The molecule has 0 aliphatic carbocycles. The van der Waals surface area contributed by atoms with Gasteiger partial charge in [-0.3, -0.25) is 4.79 Å². The van der Waals surface area contributed by atoms with Crippen molar-refractivity contribution in [1.82, 2.24) is 19.9 Å². The maximum Gasteiger partial charge on any atom is 0.435 e. The summed E-state index contributed by atoms with van der Waals surface area (Å²) in [4.78, 5) is 23.4. The Balaban J connectivity index is 3.16. The molecule has 0 atom stereocenters.